The number of hydrogen-bond acceptors (Lipinski definition) is 5. The summed E-state index contributed by atoms with van der Waals surface area (Å²) in [4.78, 5) is 26.1. The lowest BCUT2D eigenvalue weighted by molar-refractivity contribution is 0.0991. The third-order valence-corrected chi connectivity index (χ3v) is 4.51. The lowest BCUT2D eigenvalue weighted by atomic mass is 10.1. The molecular weight excluding hydrogens is 274 g/mol. The predicted molar refractivity (Wildman–Crippen MR) is 84.7 cm³/mol. The minimum atomic E-state index is -0.571. The highest BCUT2D eigenvalue weighted by atomic mass is 32.1. The molecule has 0 unspecified atom stereocenters. The standard InChI is InChI=1S/C14H23N3O2S/c1-4-7-8-17(6-3)14-10(13(16)19)11(15)12(20-14)9(18)5-2/h4-8,15H2,1-3H3,(H2,16,19). The molecule has 1 amide bonds. The number of nitrogens with two attached hydrogens (primary N) is 2. The van der Waals surface area contributed by atoms with Crippen molar-refractivity contribution in [3.8, 4) is 0 Å². The summed E-state index contributed by atoms with van der Waals surface area (Å²) < 4.78 is 0. The third-order valence-electron chi connectivity index (χ3n) is 3.20. The van der Waals surface area contributed by atoms with Crippen molar-refractivity contribution < 1.29 is 9.59 Å². The Morgan fingerprint density at radius 2 is 1.90 bits per heavy atom. The van der Waals surface area contributed by atoms with E-state index < -0.39 is 5.91 Å². The van der Waals surface area contributed by atoms with Gasteiger partial charge in [-0.25, -0.2) is 0 Å². The van der Waals surface area contributed by atoms with Crippen LogP contribution in [0.2, 0.25) is 0 Å². The number of Topliss-reactive ketones (excluding diaryl/α,β-unsaturated/α-hetero) is 1. The highest BCUT2D eigenvalue weighted by Gasteiger charge is 2.25. The first kappa shape index (κ1) is 16.5. The summed E-state index contributed by atoms with van der Waals surface area (Å²) in [6.45, 7) is 7.47. The van der Waals surface area contributed by atoms with Crippen LogP contribution in [-0.2, 0) is 0 Å². The number of ketones is 1. The summed E-state index contributed by atoms with van der Waals surface area (Å²) in [7, 11) is 0. The van der Waals surface area contributed by atoms with Crippen LogP contribution in [0.3, 0.4) is 0 Å². The number of hydrogen-bond donors (Lipinski definition) is 2. The van der Waals surface area contributed by atoms with Crippen LogP contribution in [0.4, 0.5) is 10.7 Å². The largest absolute Gasteiger partial charge is 0.397 e. The Morgan fingerprint density at radius 1 is 1.25 bits per heavy atom. The summed E-state index contributed by atoms with van der Waals surface area (Å²) in [5.74, 6) is -0.619. The van der Waals surface area contributed by atoms with E-state index in [1.165, 1.54) is 11.3 Å². The van der Waals surface area contributed by atoms with Crippen LogP contribution < -0.4 is 16.4 Å². The maximum atomic E-state index is 11.9. The van der Waals surface area contributed by atoms with Gasteiger partial charge in [0.15, 0.2) is 5.78 Å². The van der Waals surface area contributed by atoms with Gasteiger partial charge in [0.05, 0.1) is 16.1 Å². The van der Waals surface area contributed by atoms with Crippen LogP contribution >= 0.6 is 11.3 Å². The van der Waals surface area contributed by atoms with Gasteiger partial charge in [0.25, 0.3) is 5.91 Å². The van der Waals surface area contributed by atoms with Crippen LogP contribution in [0.15, 0.2) is 0 Å². The number of carbonyl (C=O) groups excluding carboxylic acids is 2. The van der Waals surface area contributed by atoms with E-state index in [4.69, 9.17) is 11.5 Å². The number of carbonyl (C=O) groups is 2. The second-order valence-electron chi connectivity index (χ2n) is 4.60. The van der Waals surface area contributed by atoms with E-state index in [2.05, 4.69) is 11.8 Å². The molecule has 0 fully saturated rings. The third kappa shape index (κ3) is 3.30. The number of rotatable bonds is 8. The zero-order chi connectivity index (χ0) is 15.3. The predicted octanol–water partition coefficient (Wildman–Crippen LogP) is 2.65. The summed E-state index contributed by atoms with van der Waals surface area (Å²) >= 11 is 1.28. The zero-order valence-electron chi connectivity index (χ0n) is 12.4. The first-order valence-electron chi connectivity index (χ1n) is 6.97. The van der Waals surface area contributed by atoms with Gasteiger partial charge in [-0.15, -0.1) is 11.3 Å². The van der Waals surface area contributed by atoms with Crippen molar-refractivity contribution in [3.63, 3.8) is 0 Å². The van der Waals surface area contributed by atoms with Gasteiger partial charge in [0.2, 0.25) is 0 Å². The van der Waals surface area contributed by atoms with Crippen LogP contribution in [0.1, 0.15) is 60.1 Å². The maximum absolute atomic E-state index is 11.9. The Labute approximate surface area is 123 Å². The topological polar surface area (TPSA) is 89.4 Å². The average molecular weight is 297 g/mol. The molecular formula is C14H23N3O2S. The van der Waals surface area contributed by atoms with E-state index in [9.17, 15) is 9.59 Å². The normalized spacial score (nSPS) is 10.6. The lowest BCUT2D eigenvalue weighted by Crippen LogP contribution is -2.26. The van der Waals surface area contributed by atoms with Gasteiger partial charge in [-0.2, -0.15) is 0 Å². The van der Waals surface area contributed by atoms with Gasteiger partial charge >= 0.3 is 0 Å². The fourth-order valence-corrected chi connectivity index (χ4v) is 3.34. The van der Waals surface area contributed by atoms with Gasteiger partial charge in [0.1, 0.15) is 5.00 Å². The molecule has 1 heterocycles. The second-order valence-corrected chi connectivity index (χ2v) is 5.60. The molecule has 0 aromatic carbocycles. The van der Waals surface area contributed by atoms with Crippen molar-refractivity contribution >= 4 is 33.7 Å². The van der Waals surface area contributed by atoms with E-state index in [0.29, 0.717) is 16.9 Å². The monoisotopic (exact) mass is 297 g/mol. The molecule has 0 aliphatic carbocycles. The van der Waals surface area contributed by atoms with Crippen molar-refractivity contribution in [1.82, 2.24) is 0 Å². The average Bonchev–Trinajstić information content (AvgIpc) is 2.76. The maximum Gasteiger partial charge on any atom is 0.253 e. The van der Waals surface area contributed by atoms with Gasteiger partial charge in [-0.3, -0.25) is 9.59 Å². The van der Waals surface area contributed by atoms with E-state index >= 15 is 0 Å². The van der Waals surface area contributed by atoms with Gasteiger partial charge in [-0.05, 0) is 13.3 Å². The molecule has 5 nitrogen and oxygen atoms in total. The minimum absolute atomic E-state index is 0.0483. The summed E-state index contributed by atoms with van der Waals surface area (Å²) in [5.41, 5.74) is 11.9. The molecule has 0 atom stereocenters. The van der Waals surface area contributed by atoms with Crippen LogP contribution in [0, 0.1) is 0 Å². The lowest BCUT2D eigenvalue weighted by Gasteiger charge is -2.22. The molecule has 0 saturated carbocycles. The zero-order valence-corrected chi connectivity index (χ0v) is 13.2. The van der Waals surface area contributed by atoms with E-state index in [1.807, 2.05) is 6.92 Å². The number of amides is 1. The number of nitrogens with zero attached hydrogens (tertiary/aromatic N) is 1. The molecule has 20 heavy (non-hydrogen) atoms. The Bertz CT molecular complexity index is 497. The number of anilines is 2. The Hall–Kier alpha value is -1.56. The molecule has 112 valence electrons. The van der Waals surface area contributed by atoms with Crippen LogP contribution in [-0.4, -0.2) is 24.8 Å². The highest BCUT2D eigenvalue weighted by molar-refractivity contribution is 7.19. The molecule has 1 aromatic heterocycles. The van der Waals surface area contributed by atoms with E-state index in [0.717, 1.165) is 30.9 Å². The molecule has 0 saturated heterocycles. The molecule has 1 rings (SSSR count). The highest BCUT2D eigenvalue weighted by Crippen LogP contribution is 2.38. The van der Waals surface area contributed by atoms with Crippen molar-refractivity contribution in [3.05, 3.63) is 10.4 Å². The molecule has 0 spiro atoms. The summed E-state index contributed by atoms with van der Waals surface area (Å²) in [6.07, 6.45) is 2.44. The van der Waals surface area contributed by atoms with E-state index in [1.54, 1.807) is 6.92 Å². The smallest absolute Gasteiger partial charge is 0.253 e. The first-order valence-corrected chi connectivity index (χ1v) is 7.79. The second kappa shape index (κ2) is 7.28. The molecule has 6 heteroatoms. The van der Waals surface area contributed by atoms with Crippen LogP contribution in [0.5, 0.6) is 0 Å². The van der Waals surface area contributed by atoms with Crippen LogP contribution in [0.25, 0.3) is 0 Å². The van der Waals surface area contributed by atoms with E-state index in [-0.39, 0.29) is 11.5 Å². The molecule has 0 aliphatic heterocycles. The molecule has 4 N–H and O–H groups in total. The molecule has 0 radical (unpaired) electrons. The quantitative estimate of drug-likeness (QED) is 0.722. The van der Waals surface area contributed by atoms with Crippen molar-refractivity contribution in [2.24, 2.45) is 5.73 Å². The number of thiophene rings is 1. The SMILES string of the molecule is CCCCN(CC)c1sc(C(=O)CC)c(N)c1C(N)=O. The first-order chi connectivity index (χ1) is 9.47. The Morgan fingerprint density at radius 3 is 2.35 bits per heavy atom. The summed E-state index contributed by atoms with van der Waals surface area (Å²) in [5, 5.41) is 0.725. The fraction of sp³-hybridized carbons (Fsp3) is 0.571. The van der Waals surface area contributed by atoms with Crippen molar-refractivity contribution in [2.75, 3.05) is 23.7 Å². The minimum Gasteiger partial charge on any atom is -0.397 e. The Kier molecular flexibility index (Phi) is 6.01. The van der Waals surface area contributed by atoms with Gasteiger partial charge < -0.3 is 16.4 Å². The fourth-order valence-electron chi connectivity index (χ4n) is 2.01. The molecule has 0 aliphatic rings. The summed E-state index contributed by atoms with van der Waals surface area (Å²) in [6, 6.07) is 0. The number of nitrogen functional groups attached to an aromatic ring is 1. The number of unbranched alkanes of at least 4 members (excludes halogenated alkanes) is 1. The molecule has 1 aromatic rings. The van der Waals surface area contributed by atoms with Crippen molar-refractivity contribution in [1.29, 1.82) is 0 Å². The van der Waals surface area contributed by atoms with Gasteiger partial charge in [-0.1, -0.05) is 20.3 Å². The van der Waals surface area contributed by atoms with Gasteiger partial charge in [0, 0.05) is 19.5 Å². The van der Waals surface area contributed by atoms with Crippen molar-refractivity contribution in [2.45, 2.75) is 40.0 Å². The molecule has 0 bridgehead atoms. The number of primary amides is 1. The Balaban J connectivity index is 3.29.